The Morgan fingerprint density at radius 3 is 2.60 bits per heavy atom. The first-order chi connectivity index (χ1) is 21.0. The van der Waals surface area contributed by atoms with Crippen molar-refractivity contribution < 1.29 is 18.7 Å². The van der Waals surface area contributed by atoms with E-state index in [2.05, 4.69) is 10.3 Å². The summed E-state index contributed by atoms with van der Waals surface area (Å²) in [7, 11) is 0. The van der Waals surface area contributed by atoms with Crippen LogP contribution >= 0.6 is 23.4 Å². The predicted octanol–water partition coefficient (Wildman–Crippen LogP) is 8.11. The van der Waals surface area contributed by atoms with Crippen LogP contribution in [0.15, 0.2) is 89.2 Å². The maximum absolute atomic E-state index is 14.3. The van der Waals surface area contributed by atoms with Crippen LogP contribution in [0, 0.1) is 5.82 Å². The first-order valence-electron chi connectivity index (χ1n) is 14.4. The number of fused-ring (bicyclic) bond motifs is 1. The number of rotatable bonds is 9. The molecule has 1 atom stereocenters. The Hall–Kier alpha value is -3.82. The summed E-state index contributed by atoms with van der Waals surface area (Å²) in [5, 5.41) is 9.15. The van der Waals surface area contributed by atoms with E-state index in [1.807, 2.05) is 55.5 Å². The molecule has 1 N–H and O–H groups in total. The van der Waals surface area contributed by atoms with Gasteiger partial charge in [-0.05, 0) is 68.0 Å². The molecule has 4 aromatic rings. The second-order valence-corrected chi connectivity index (χ2v) is 12.1. The molecule has 1 aliphatic heterocycles. The first kappa shape index (κ1) is 29.3. The Balaban J connectivity index is 1.31. The van der Waals surface area contributed by atoms with Gasteiger partial charge >= 0.3 is 5.97 Å². The number of halogens is 2. The molecule has 43 heavy (non-hydrogen) atoms. The molecule has 1 aromatic heterocycles. The number of nitrogens with zero attached hydrogens (tertiary/aromatic N) is 3. The molecule has 0 spiro atoms. The van der Waals surface area contributed by atoms with Gasteiger partial charge in [0.25, 0.3) is 0 Å². The van der Waals surface area contributed by atoms with E-state index in [9.17, 15) is 9.18 Å². The van der Waals surface area contributed by atoms with Crippen molar-refractivity contribution in [1.82, 2.24) is 14.8 Å². The third-order valence-electron chi connectivity index (χ3n) is 7.72. The summed E-state index contributed by atoms with van der Waals surface area (Å²) in [6.07, 6.45) is 4.91. The fourth-order valence-electron chi connectivity index (χ4n) is 5.47. The van der Waals surface area contributed by atoms with Gasteiger partial charge in [-0.15, -0.1) is 5.10 Å². The lowest BCUT2D eigenvalue weighted by Gasteiger charge is -2.30. The predicted molar refractivity (Wildman–Crippen MR) is 166 cm³/mol. The standard InChI is InChI=1S/C33H32ClFN4O3S/c1-21-29(31(40)42-25-13-3-2-4-14-25)30(22-12-9-15-26(18-22)41-19-23-10-5-7-16-27(23)34)39-32(36-21)37-33(38-39)43-20-24-11-6-8-17-28(24)35/h5-12,15-18,25,30H,2-4,13-14,19-20H2,1H3,(H,36,37,38). The van der Waals surface area contributed by atoms with E-state index >= 15 is 0 Å². The number of carbonyl (C=O) groups is 1. The Labute approximate surface area is 259 Å². The summed E-state index contributed by atoms with van der Waals surface area (Å²) >= 11 is 7.67. The number of allylic oxidation sites excluding steroid dienone is 1. The Morgan fingerprint density at radius 2 is 1.81 bits per heavy atom. The third-order valence-corrected chi connectivity index (χ3v) is 8.97. The quantitative estimate of drug-likeness (QED) is 0.150. The number of nitrogens with one attached hydrogen (secondary N) is 1. The van der Waals surface area contributed by atoms with Crippen molar-refractivity contribution in [3.8, 4) is 5.75 Å². The zero-order chi connectivity index (χ0) is 29.8. The van der Waals surface area contributed by atoms with Gasteiger partial charge in [0, 0.05) is 22.0 Å². The van der Waals surface area contributed by atoms with Crippen LogP contribution < -0.4 is 10.1 Å². The minimum atomic E-state index is -0.605. The smallest absolute Gasteiger partial charge is 0.338 e. The number of hydrogen-bond acceptors (Lipinski definition) is 7. The molecule has 6 rings (SSSR count). The summed E-state index contributed by atoms with van der Waals surface area (Å²) < 4.78 is 28.2. The van der Waals surface area contributed by atoms with Gasteiger partial charge in [0.15, 0.2) is 0 Å². The Morgan fingerprint density at radius 1 is 1.05 bits per heavy atom. The zero-order valence-corrected chi connectivity index (χ0v) is 25.3. The third kappa shape index (κ3) is 6.73. The largest absolute Gasteiger partial charge is 0.489 e. The molecule has 1 saturated carbocycles. The van der Waals surface area contributed by atoms with E-state index < -0.39 is 6.04 Å². The van der Waals surface area contributed by atoms with Gasteiger partial charge in [-0.25, -0.2) is 13.9 Å². The van der Waals surface area contributed by atoms with Crippen molar-refractivity contribution in [3.05, 3.63) is 112 Å². The molecular formula is C33H32ClFN4O3S. The molecule has 1 unspecified atom stereocenters. The van der Waals surface area contributed by atoms with Crippen LogP contribution in [0.4, 0.5) is 10.3 Å². The van der Waals surface area contributed by atoms with E-state index in [-0.39, 0.29) is 17.9 Å². The summed E-state index contributed by atoms with van der Waals surface area (Å²) in [6, 6.07) is 21.2. The average Bonchev–Trinajstić information content (AvgIpc) is 3.42. The topological polar surface area (TPSA) is 78.3 Å². The van der Waals surface area contributed by atoms with Crippen molar-refractivity contribution in [1.29, 1.82) is 0 Å². The summed E-state index contributed by atoms with van der Waals surface area (Å²) in [6.45, 7) is 2.15. The normalized spacial score (nSPS) is 16.9. The second kappa shape index (κ2) is 13.2. The van der Waals surface area contributed by atoms with Crippen LogP contribution in [-0.2, 0) is 21.9 Å². The first-order valence-corrected chi connectivity index (χ1v) is 15.8. The highest BCUT2D eigenvalue weighted by atomic mass is 35.5. The molecule has 2 aliphatic rings. The molecule has 2 heterocycles. The van der Waals surface area contributed by atoms with Gasteiger partial charge in [0.2, 0.25) is 11.1 Å². The highest BCUT2D eigenvalue weighted by molar-refractivity contribution is 7.98. The summed E-state index contributed by atoms with van der Waals surface area (Å²) in [5.74, 6) is 0.856. The van der Waals surface area contributed by atoms with Gasteiger partial charge in [0.05, 0.1) is 5.57 Å². The van der Waals surface area contributed by atoms with E-state index in [0.717, 1.165) is 43.2 Å². The maximum Gasteiger partial charge on any atom is 0.338 e. The summed E-state index contributed by atoms with van der Waals surface area (Å²) in [4.78, 5) is 18.5. The monoisotopic (exact) mass is 618 g/mol. The van der Waals surface area contributed by atoms with Gasteiger partial charge in [-0.2, -0.15) is 4.98 Å². The average molecular weight is 619 g/mol. The Bertz CT molecular complexity index is 1650. The van der Waals surface area contributed by atoms with Crippen LogP contribution in [0.5, 0.6) is 5.75 Å². The van der Waals surface area contributed by atoms with E-state index in [1.165, 1.54) is 17.8 Å². The number of benzene rings is 3. The van der Waals surface area contributed by atoms with E-state index in [1.54, 1.807) is 22.9 Å². The number of ether oxygens (including phenoxy) is 2. The fraction of sp³-hybridized carbons (Fsp3) is 0.303. The van der Waals surface area contributed by atoms with Gasteiger partial charge in [-0.3, -0.25) is 0 Å². The maximum atomic E-state index is 14.3. The molecule has 1 aliphatic carbocycles. The SMILES string of the molecule is CC1=C(C(=O)OC2CCCCC2)C(c2cccc(OCc3ccccc3Cl)c2)n2nc(SCc3ccccc3F)nc2N1. The van der Waals surface area contributed by atoms with Crippen molar-refractivity contribution in [3.63, 3.8) is 0 Å². The van der Waals surface area contributed by atoms with Crippen LogP contribution in [0.3, 0.4) is 0 Å². The van der Waals surface area contributed by atoms with Gasteiger partial charge < -0.3 is 14.8 Å². The van der Waals surface area contributed by atoms with Crippen LogP contribution in [0.25, 0.3) is 0 Å². The Kier molecular flexibility index (Phi) is 9.00. The lowest BCUT2D eigenvalue weighted by Crippen LogP contribution is -2.32. The lowest BCUT2D eigenvalue weighted by atomic mass is 9.94. The molecule has 0 saturated heterocycles. The van der Waals surface area contributed by atoms with Crippen molar-refractivity contribution in [2.24, 2.45) is 0 Å². The second-order valence-electron chi connectivity index (χ2n) is 10.7. The number of anilines is 1. The van der Waals surface area contributed by atoms with Crippen LogP contribution in [0.2, 0.25) is 5.02 Å². The molecule has 3 aromatic carbocycles. The molecular weight excluding hydrogens is 587 g/mol. The lowest BCUT2D eigenvalue weighted by molar-refractivity contribution is -0.146. The molecule has 0 amide bonds. The van der Waals surface area contributed by atoms with E-state index in [0.29, 0.717) is 51.1 Å². The van der Waals surface area contributed by atoms with Crippen molar-refractivity contribution in [2.45, 2.75) is 68.7 Å². The van der Waals surface area contributed by atoms with Gasteiger partial charge in [0.1, 0.15) is 30.3 Å². The van der Waals surface area contributed by atoms with Crippen molar-refractivity contribution >= 4 is 35.3 Å². The molecule has 0 radical (unpaired) electrons. The van der Waals surface area contributed by atoms with Crippen molar-refractivity contribution in [2.75, 3.05) is 5.32 Å². The number of hydrogen-bond donors (Lipinski definition) is 1. The molecule has 1 fully saturated rings. The minimum Gasteiger partial charge on any atom is -0.489 e. The zero-order valence-electron chi connectivity index (χ0n) is 23.8. The molecule has 222 valence electrons. The minimum absolute atomic E-state index is 0.100. The summed E-state index contributed by atoms with van der Waals surface area (Å²) in [5.41, 5.74) is 3.36. The number of thioether (sulfide) groups is 1. The van der Waals surface area contributed by atoms with Crippen LogP contribution in [0.1, 0.15) is 61.8 Å². The number of esters is 1. The van der Waals surface area contributed by atoms with Gasteiger partial charge in [-0.1, -0.05) is 78.3 Å². The highest BCUT2D eigenvalue weighted by Crippen LogP contribution is 2.39. The number of aromatic nitrogens is 3. The highest BCUT2D eigenvalue weighted by Gasteiger charge is 2.36. The molecule has 7 nitrogen and oxygen atoms in total. The van der Waals surface area contributed by atoms with E-state index in [4.69, 9.17) is 26.2 Å². The van der Waals surface area contributed by atoms with Crippen LogP contribution in [-0.4, -0.2) is 26.8 Å². The molecule has 0 bridgehead atoms. The molecule has 10 heteroatoms. The fourth-order valence-corrected chi connectivity index (χ4v) is 6.48. The number of carbonyl (C=O) groups excluding carboxylic acids is 1.